The highest BCUT2D eigenvalue weighted by Gasteiger charge is 2.14. The second kappa shape index (κ2) is 8.64. The van der Waals surface area contributed by atoms with Gasteiger partial charge in [0.2, 0.25) is 0 Å². The normalized spacial score (nSPS) is 11.6. The Morgan fingerprint density at radius 2 is 1.86 bits per heavy atom. The van der Waals surface area contributed by atoms with Crippen LogP contribution in [0.15, 0.2) is 36.2 Å². The molecule has 0 aliphatic rings. The Morgan fingerprint density at radius 3 is 2.29 bits per heavy atom. The Labute approximate surface area is 131 Å². The Balaban J connectivity index is 0.00000400. The zero-order valence-corrected chi connectivity index (χ0v) is 13.4. The number of nitrogens with one attached hydrogen (secondary N) is 2. The minimum atomic E-state index is -0.268. The summed E-state index contributed by atoms with van der Waals surface area (Å²) in [5.41, 5.74) is 6.99. The fourth-order valence-electron chi connectivity index (χ4n) is 1.52. The first-order chi connectivity index (χ1) is 9.35. The topological polar surface area (TPSA) is 67.2 Å². The van der Waals surface area contributed by atoms with Crippen molar-refractivity contribution in [2.24, 2.45) is 5.73 Å². The molecule has 0 unspecified atom stereocenters. The highest BCUT2D eigenvalue weighted by molar-refractivity contribution is 5.94. The van der Waals surface area contributed by atoms with Gasteiger partial charge in [0.05, 0.1) is 6.33 Å². The van der Waals surface area contributed by atoms with Crippen LogP contribution in [0.3, 0.4) is 0 Å². The number of anilines is 1. The molecule has 0 spiro atoms. The summed E-state index contributed by atoms with van der Waals surface area (Å²) < 4.78 is 12.4. The summed E-state index contributed by atoms with van der Waals surface area (Å²) >= 11 is 0. The van der Waals surface area contributed by atoms with Gasteiger partial charge < -0.3 is 16.4 Å². The summed E-state index contributed by atoms with van der Waals surface area (Å²) in [5, 5.41) is 5.93. The van der Waals surface area contributed by atoms with Crippen LogP contribution in [-0.2, 0) is 0 Å². The first-order valence-electron chi connectivity index (χ1n) is 6.50. The van der Waals surface area contributed by atoms with E-state index in [4.69, 9.17) is 5.73 Å². The molecule has 1 rings (SSSR count). The third-order valence-electron chi connectivity index (χ3n) is 2.57. The van der Waals surface area contributed by atoms with E-state index in [1.807, 2.05) is 20.8 Å². The van der Waals surface area contributed by atoms with Crippen LogP contribution in [0, 0.1) is 0 Å². The van der Waals surface area contributed by atoms with Crippen molar-refractivity contribution in [2.45, 2.75) is 26.3 Å². The molecule has 6 heteroatoms. The molecule has 0 heterocycles. The number of carbonyl (C=O) groups excluding carboxylic acids is 1. The maximum atomic E-state index is 12.4. The Hall–Kier alpha value is -1.59. The van der Waals surface area contributed by atoms with Crippen molar-refractivity contribution in [3.8, 4) is 0 Å². The van der Waals surface area contributed by atoms with E-state index in [-0.39, 0.29) is 30.4 Å². The number of rotatable bonds is 5. The molecule has 21 heavy (non-hydrogen) atoms. The van der Waals surface area contributed by atoms with E-state index in [1.54, 1.807) is 24.3 Å². The molecule has 4 nitrogen and oxygen atoms in total. The lowest BCUT2D eigenvalue weighted by atomic mass is 10.1. The number of halogens is 2. The van der Waals surface area contributed by atoms with E-state index in [0.717, 1.165) is 5.69 Å². The minimum Gasteiger partial charge on any atom is -0.381 e. The van der Waals surface area contributed by atoms with Gasteiger partial charge in [-0.3, -0.25) is 4.79 Å². The smallest absolute Gasteiger partial charge is 0.251 e. The molecule has 0 saturated carbocycles. The van der Waals surface area contributed by atoms with Gasteiger partial charge in [-0.1, -0.05) is 0 Å². The first kappa shape index (κ1) is 19.4. The molecular formula is C15H23ClFN3O. The standard InChI is InChI=1S/C15H22FN3O.ClH/c1-15(2,3)19-14(20)12-4-6-13(7-5-12)18-10-11(8-16)9-17;/h4-8,18H,9-10,17H2,1-3H3,(H,19,20);1H. The van der Waals surface area contributed by atoms with E-state index in [1.165, 1.54) is 0 Å². The first-order valence-corrected chi connectivity index (χ1v) is 6.50. The second-order valence-electron chi connectivity index (χ2n) is 5.61. The fraction of sp³-hybridized carbons (Fsp3) is 0.400. The average molecular weight is 316 g/mol. The van der Waals surface area contributed by atoms with Gasteiger partial charge in [-0.25, -0.2) is 4.39 Å². The Bertz CT molecular complexity index is 481. The van der Waals surface area contributed by atoms with E-state index in [9.17, 15) is 9.18 Å². The van der Waals surface area contributed by atoms with Crippen molar-refractivity contribution >= 4 is 24.0 Å². The lowest BCUT2D eigenvalue weighted by Crippen LogP contribution is -2.40. The number of nitrogens with two attached hydrogens (primary N) is 1. The number of hydrogen-bond donors (Lipinski definition) is 3. The molecular weight excluding hydrogens is 293 g/mol. The molecule has 1 amide bonds. The SMILES string of the molecule is CC(C)(C)NC(=O)c1ccc(NCC(=CF)CN)cc1.Cl. The van der Waals surface area contributed by atoms with Crippen molar-refractivity contribution < 1.29 is 9.18 Å². The summed E-state index contributed by atoms with van der Waals surface area (Å²) in [6.45, 7) is 6.31. The zero-order valence-electron chi connectivity index (χ0n) is 12.6. The van der Waals surface area contributed by atoms with Crippen LogP contribution in [0.4, 0.5) is 10.1 Å². The Morgan fingerprint density at radius 1 is 1.29 bits per heavy atom. The van der Waals surface area contributed by atoms with Gasteiger partial charge in [0.25, 0.3) is 5.91 Å². The van der Waals surface area contributed by atoms with Crippen LogP contribution < -0.4 is 16.4 Å². The molecule has 1 aromatic carbocycles. The summed E-state index contributed by atoms with van der Waals surface area (Å²) in [5.74, 6) is -0.115. The maximum Gasteiger partial charge on any atom is 0.251 e. The van der Waals surface area contributed by atoms with Crippen molar-refractivity contribution in [2.75, 3.05) is 18.4 Å². The van der Waals surface area contributed by atoms with Crippen LogP contribution in [0.2, 0.25) is 0 Å². The highest BCUT2D eigenvalue weighted by atomic mass is 35.5. The van der Waals surface area contributed by atoms with Gasteiger partial charge in [0.1, 0.15) is 0 Å². The maximum absolute atomic E-state index is 12.4. The summed E-state index contributed by atoms with van der Waals surface area (Å²) in [6, 6.07) is 7.02. The molecule has 118 valence electrons. The van der Waals surface area contributed by atoms with Crippen LogP contribution >= 0.6 is 12.4 Å². The average Bonchev–Trinajstić information content (AvgIpc) is 2.38. The van der Waals surface area contributed by atoms with Crippen molar-refractivity contribution in [1.82, 2.24) is 5.32 Å². The molecule has 0 aromatic heterocycles. The zero-order chi connectivity index (χ0) is 15.2. The molecule has 0 atom stereocenters. The van der Waals surface area contributed by atoms with Crippen LogP contribution in [0.25, 0.3) is 0 Å². The van der Waals surface area contributed by atoms with Crippen LogP contribution in [-0.4, -0.2) is 24.5 Å². The molecule has 0 bridgehead atoms. The number of carbonyl (C=O) groups is 1. The third-order valence-corrected chi connectivity index (χ3v) is 2.57. The van der Waals surface area contributed by atoms with Gasteiger partial charge in [-0.15, -0.1) is 12.4 Å². The van der Waals surface area contributed by atoms with E-state index >= 15 is 0 Å². The largest absolute Gasteiger partial charge is 0.381 e. The quantitative estimate of drug-likeness (QED) is 0.782. The van der Waals surface area contributed by atoms with Crippen LogP contribution in [0.5, 0.6) is 0 Å². The molecule has 0 aliphatic carbocycles. The molecule has 0 saturated heterocycles. The van der Waals surface area contributed by atoms with E-state index in [0.29, 0.717) is 24.0 Å². The second-order valence-corrected chi connectivity index (χ2v) is 5.61. The lowest BCUT2D eigenvalue weighted by molar-refractivity contribution is 0.0919. The molecule has 0 fully saturated rings. The highest BCUT2D eigenvalue weighted by Crippen LogP contribution is 2.11. The Kier molecular flexibility index (Phi) is 7.99. The monoisotopic (exact) mass is 315 g/mol. The van der Waals surface area contributed by atoms with Gasteiger partial charge >= 0.3 is 0 Å². The molecule has 0 aliphatic heterocycles. The third kappa shape index (κ3) is 7.11. The predicted molar refractivity (Wildman–Crippen MR) is 87.6 cm³/mol. The van der Waals surface area contributed by atoms with Crippen molar-refractivity contribution in [3.63, 3.8) is 0 Å². The summed E-state index contributed by atoms with van der Waals surface area (Å²) in [7, 11) is 0. The van der Waals surface area contributed by atoms with Gasteiger partial charge in [-0.05, 0) is 50.6 Å². The lowest BCUT2D eigenvalue weighted by Gasteiger charge is -2.20. The molecule has 4 N–H and O–H groups in total. The van der Waals surface area contributed by atoms with Crippen LogP contribution in [0.1, 0.15) is 31.1 Å². The number of hydrogen-bond acceptors (Lipinski definition) is 3. The minimum absolute atomic E-state index is 0. The van der Waals surface area contributed by atoms with Crippen molar-refractivity contribution in [3.05, 3.63) is 41.7 Å². The predicted octanol–water partition coefficient (Wildman–Crippen LogP) is 2.86. The molecule has 0 radical (unpaired) electrons. The van der Waals surface area contributed by atoms with E-state index in [2.05, 4.69) is 10.6 Å². The fourth-order valence-corrected chi connectivity index (χ4v) is 1.52. The van der Waals surface area contributed by atoms with Gasteiger partial charge in [0, 0.05) is 29.9 Å². The summed E-state index contributed by atoms with van der Waals surface area (Å²) in [6.07, 6.45) is 0.512. The van der Waals surface area contributed by atoms with Crippen molar-refractivity contribution in [1.29, 1.82) is 0 Å². The number of benzene rings is 1. The van der Waals surface area contributed by atoms with Gasteiger partial charge in [0.15, 0.2) is 0 Å². The number of amides is 1. The summed E-state index contributed by atoms with van der Waals surface area (Å²) in [4.78, 5) is 11.9. The van der Waals surface area contributed by atoms with Gasteiger partial charge in [-0.2, -0.15) is 0 Å². The van der Waals surface area contributed by atoms with E-state index < -0.39 is 0 Å². The molecule has 1 aromatic rings.